The Morgan fingerprint density at radius 1 is 1.44 bits per heavy atom. The van der Waals surface area contributed by atoms with Crippen LogP contribution in [0, 0.1) is 6.92 Å². The van der Waals surface area contributed by atoms with Crippen LogP contribution in [0.5, 0.6) is 0 Å². The summed E-state index contributed by atoms with van der Waals surface area (Å²) in [5, 5.41) is 19.4. The average Bonchev–Trinajstić information content (AvgIpc) is 2.20. The minimum absolute atomic E-state index is 0.282. The molecule has 0 aromatic heterocycles. The smallest absolute Gasteiger partial charge is 0.220 e. The predicted molar refractivity (Wildman–Crippen MR) is 60.4 cm³/mol. The minimum atomic E-state index is -1.21. The van der Waals surface area contributed by atoms with Crippen molar-refractivity contribution in [3.05, 3.63) is 29.3 Å². The highest BCUT2D eigenvalue weighted by Gasteiger charge is 2.22. The number of carbonyl (C=O) groups is 1. The molecule has 0 spiro atoms. The molecule has 1 rings (SSSR count). The summed E-state index contributed by atoms with van der Waals surface area (Å²) in [6.07, 6.45) is -2.65. The maximum Gasteiger partial charge on any atom is 0.220 e. The van der Waals surface area contributed by atoms with E-state index in [1.807, 2.05) is 0 Å². The fourth-order valence-corrected chi connectivity index (χ4v) is 1.52. The molecule has 0 saturated heterocycles. The van der Waals surface area contributed by atoms with Crippen LogP contribution in [0.25, 0.3) is 0 Å². The lowest BCUT2D eigenvalue weighted by atomic mass is 9.97. The fraction of sp³-hybridized carbons (Fsp3) is 0.364. The van der Waals surface area contributed by atoms with E-state index in [-0.39, 0.29) is 6.42 Å². The first-order valence-corrected chi connectivity index (χ1v) is 4.93. The Morgan fingerprint density at radius 3 is 2.62 bits per heavy atom. The summed E-state index contributed by atoms with van der Waals surface area (Å²) in [6.45, 7) is 1.74. The molecule has 0 fully saturated rings. The minimum Gasteiger partial charge on any atom is -0.399 e. The summed E-state index contributed by atoms with van der Waals surface area (Å²) in [5.41, 5.74) is 12.3. The number of hydrogen-bond acceptors (Lipinski definition) is 4. The molecule has 0 heterocycles. The molecule has 6 N–H and O–H groups in total. The average molecular weight is 224 g/mol. The van der Waals surface area contributed by atoms with E-state index in [0.717, 1.165) is 0 Å². The second-order valence-corrected chi connectivity index (χ2v) is 3.74. The van der Waals surface area contributed by atoms with Gasteiger partial charge in [-0.25, -0.2) is 0 Å². The maximum atomic E-state index is 10.6. The van der Waals surface area contributed by atoms with Crippen LogP contribution in [0.1, 0.15) is 23.7 Å². The second kappa shape index (κ2) is 4.96. The van der Waals surface area contributed by atoms with Crippen molar-refractivity contribution in [1.82, 2.24) is 0 Å². The van der Waals surface area contributed by atoms with E-state index in [2.05, 4.69) is 0 Å². The molecule has 0 aliphatic heterocycles. The number of hydrogen-bond donors (Lipinski definition) is 4. The molecule has 1 aromatic rings. The topological polar surface area (TPSA) is 110 Å². The molecule has 5 nitrogen and oxygen atoms in total. The number of amides is 1. The summed E-state index contributed by atoms with van der Waals surface area (Å²) in [6, 6.07) is 5.03. The molecule has 1 amide bonds. The molecule has 0 radical (unpaired) electrons. The lowest BCUT2D eigenvalue weighted by Gasteiger charge is -2.19. The van der Waals surface area contributed by atoms with Crippen molar-refractivity contribution in [2.75, 3.05) is 5.73 Å². The molecule has 88 valence electrons. The van der Waals surface area contributed by atoms with Crippen molar-refractivity contribution in [2.45, 2.75) is 25.6 Å². The molecule has 0 aliphatic rings. The lowest BCUT2D eigenvalue weighted by Crippen LogP contribution is -2.26. The first-order valence-electron chi connectivity index (χ1n) is 4.93. The van der Waals surface area contributed by atoms with Crippen LogP contribution in [0.3, 0.4) is 0 Å². The van der Waals surface area contributed by atoms with E-state index in [1.54, 1.807) is 25.1 Å². The van der Waals surface area contributed by atoms with Crippen molar-refractivity contribution >= 4 is 11.6 Å². The zero-order valence-electron chi connectivity index (χ0n) is 9.05. The highest BCUT2D eigenvalue weighted by Crippen LogP contribution is 2.25. The van der Waals surface area contributed by atoms with Gasteiger partial charge >= 0.3 is 0 Å². The monoisotopic (exact) mass is 224 g/mol. The van der Waals surface area contributed by atoms with Gasteiger partial charge in [0.2, 0.25) is 5.91 Å². The zero-order valence-corrected chi connectivity index (χ0v) is 9.05. The van der Waals surface area contributed by atoms with E-state index in [1.165, 1.54) is 0 Å². The van der Waals surface area contributed by atoms with Crippen LogP contribution in [-0.4, -0.2) is 22.2 Å². The molecule has 2 atom stereocenters. The van der Waals surface area contributed by atoms with E-state index in [9.17, 15) is 15.0 Å². The third kappa shape index (κ3) is 2.71. The molecule has 0 bridgehead atoms. The zero-order chi connectivity index (χ0) is 12.3. The number of nitrogen functional groups attached to an aromatic ring is 1. The summed E-state index contributed by atoms with van der Waals surface area (Å²) in [5.74, 6) is -0.659. The third-order valence-corrected chi connectivity index (χ3v) is 2.51. The van der Waals surface area contributed by atoms with Crippen LogP contribution >= 0.6 is 0 Å². The number of aliphatic hydroxyl groups is 2. The Kier molecular flexibility index (Phi) is 3.87. The van der Waals surface area contributed by atoms with Gasteiger partial charge in [0.1, 0.15) is 6.10 Å². The van der Waals surface area contributed by atoms with Gasteiger partial charge in [-0.05, 0) is 24.1 Å². The first-order chi connectivity index (χ1) is 7.43. The van der Waals surface area contributed by atoms with E-state index >= 15 is 0 Å². The standard InChI is InChI=1S/C11H16N2O3/c1-6-7(3-2-4-8(6)12)11(16)9(14)5-10(13)15/h2-4,9,11,14,16H,5,12H2,1H3,(H2,13,15). The summed E-state index contributed by atoms with van der Waals surface area (Å²) in [4.78, 5) is 10.6. The van der Waals surface area contributed by atoms with Gasteiger partial charge in [0, 0.05) is 5.69 Å². The molecule has 1 aromatic carbocycles. The number of rotatable bonds is 4. The van der Waals surface area contributed by atoms with Gasteiger partial charge in [-0.15, -0.1) is 0 Å². The molecular weight excluding hydrogens is 208 g/mol. The number of aliphatic hydroxyl groups excluding tert-OH is 2. The Morgan fingerprint density at radius 2 is 2.06 bits per heavy atom. The largest absolute Gasteiger partial charge is 0.399 e. The van der Waals surface area contributed by atoms with Gasteiger partial charge in [-0.1, -0.05) is 12.1 Å². The van der Waals surface area contributed by atoms with Crippen LogP contribution in [0.4, 0.5) is 5.69 Å². The number of benzene rings is 1. The Hall–Kier alpha value is -1.59. The van der Waals surface area contributed by atoms with Gasteiger partial charge in [-0.3, -0.25) is 4.79 Å². The van der Waals surface area contributed by atoms with E-state index in [0.29, 0.717) is 16.8 Å². The molecule has 16 heavy (non-hydrogen) atoms. The summed E-state index contributed by atoms with van der Waals surface area (Å²) >= 11 is 0. The quantitative estimate of drug-likeness (QED) is 0.533. The number of nitrogens with two attached hydrogens (primary N) is 2. The van der Waals surface area contributed by atoms with Crippen LogP contribution in [0.2, 0.25) is 0 Å². The Balaban J connectivity index is 2.91. The van der Waals surface area contributed by atoms with Crippen LogP contribution in [0.15, 0.2) is 18.2 Å². The molecule has 0 aliphatic carbocycles. The van der Waals surface area contributed by atoms with E-state index < -0.39 is 18.1 Å². The predicted octanol–water partition coefficient (Wildman–Crippen LogP) is -0.153. The van der Waals surface area contributed by atoms with Gasteiger partial charge in [0.05, 0.1) is 12.5 Å². The van der Waals surface area contributed by atoms with E-state index in [4.69, 9.17) is 11.5 Å². The number of anilines is 1. The maximum absolute atomic E-state index is 10.6. The van der Waals surface area contributed by atoms with Gasteiger partial charge in [0.15, 0.2) is 0 Å². The first kappa shape index (κ1) is 12.5. The van der Waals surface area contributed by atoms with Gasteiger partial charge in [-0.2, -0.15) is 0 Å². The van der Waals surface area contributed by atoms with Gasteiger partial charge < -0.3 is 21.7 Å². The normalized spacial score (nSPS) is 14.4. The molecule has 5 heteroatoms. The van der Waals surface area contributed by atoms with Crippen molar-refractivity contribution in [3.8, 4) is 0 Å². The Bertz CT molecular complexity index is 393. The summed E-state index contributed by atoms with van der Waals surface area (Å²) < 4.78 is 0. The SMILES string of the molecule is Cc1c(N)cccc1C(O)C(O)CC(N)=O. The fourth-order valence-electron chi connectivity index (χ4n) is 1.52. The van der Waals surface area contributed by atoms with Crippen molar-refractivity contribution in [2.24, 2.45) is 5.73 Å². The second-order valence-electron chi connectivity index (χ2n) is 3.74. The number of primary amides is 1. The van der Waals surface area contributed by atoms with Crippen LogP contribution in [-0.2, 0) is 4.79 Å². The highest BCUT2D eigenvalue weighted by atomic mass is 16.3. The van der Waals surface area contributed by atoms with Crippen molar-refractivity contribution < 1.29 is 15.0 Å². The van der Waals surface area contributed by atoms with Crippen LogP contribution < -0.4 is 11.5 Å². The van der Waals surface area contributed by atoms with Crippen molar-refractivity contribution in [1.29, 1.82) is 0 Å². The van der Waals surface area contributed by atoms with Crippen molar-refractivity contribution in [3.63, 3.8) is 0 Å². The molecular formula is C11H16N2O3. The molecule has 2 unspecified atom stereocenters. The lowest BCUT2D eigenvalue weighted by molar-refractivity contribution is -0.121. The Labute approximate surface area is 93.7 Å². The molecule has 0 saturated carbocycles. The third-order valence-electron chi connectivity index (χ3n) is 2.51. The highest BCUT2D eigenvalue weighted by molar-refractivity contribution is 5.74. The number of carbonyl (C=O) groups excluding carboxylic acids is 1. The van der Waals surface area contributed by atoms with Gasteiger partial charge in [0.25, 0.3) is 0 Å². The summed E-state index contributed by atoms with van der Waals surface area (Å²) in [7, 11) is 0.